The number of hydrogen-bond acceptors (Lipinski definition) is 4. The van der Waals surface area contributed by atoms with Crippen molar-refractivity contribution in [1.29, 1.82) is 0 Å². The summed E-state index contributed by atoms with van der Waals surface area (Å²) < 4.78 is 4.67. The Morgan fingerprint density at radius 3 is 2.23 bits per heavy atom. The van der Waals surface area contributed by atoms with Gasteiger partial charge in [0.05, 0.1) is 23.8 Å². The average molecular weight is 290 g/mol. The molecule has 22 heavy (non-hydrogen) atoms. The lowest BCUT2D eigenvalue weighted by molar-refractivity contribution is 0.0600. The molecule has 2 aromatic carbocycles. The first-order valence-electron chi connectivity index (χ1n) is 6.50. The van der Waals surface area contributed by atoms with Crippen LogP contribution in [0.3, 0.4) is 0 Å². The van der Waals surface area contributed by atoms with E-state index in [0.717, 1.165) is 0 Å². The number of terminal acetylenes is 1. The minimum atomic E-state index is -0.644. The van der Waals surface area contributed by atoms with Crippen LogP contribution in [0.25, 0.3) is 0 Å². The Hall–Kier alpha value is -3.19. The summed E-state index contributed by atoms with van der Waals surface area (Å²) in [6, 6.07) is 9.40. The largest absolute Gasteiger partial charge is 0.465 e. The Labute approximate surface area is 126 Å². The van der Waals surface area contributed by atoms with Gasteiger partial charge in [0.2, 0.25) is 0 Å². The summed E-state index contributed by atoms with van der Waals surface area (Å²) >= 11 is 0. The van der Waals surface area contributed by atoms with E-state index in [0.29, 0.717) is 11.1 Å². The van der Waals surface area contributed by atoms with Crippen molar-refractivity contribution in [2.75, 3.05) is 7.11 Å². The Morgan fingerprint density at radius 2 is 1.64 bits per heavy atom. The summed E-state index contributed by atoms with van der Waals surface area (Å²) in [5, 5.41) is 0. The molecule has 0 unspecified atom stereocenters. The molecule has 0 spiro atoms. The molecule has 2 aromatic rings. The quantitative estimate of drug-likeness (QED) is 0.509. The lowest BCUT2D eigenvalue weighted by Crippen LogP contribution is -2.23. The van der Waals surface area contributed by atoms with Crippen LogP contribution in [0.2, 0.25) is 0 Å². The fourth-order valence-corrected chi connectivity index (χ4v) is 2.62. The van der Waals surface area contributed by atoms with Crippen molar-refractivity contribution in [2.45, 2.75) is 0 Å². The monoisotopic (exact) mass is 290 g/mol. The molecule has 106 valence electrons. The lowest BCUT2D eigenvalue weighted by atomic mass is 9.80. The molecule has 4 nitrogen and oxygen atoms in total. The third-order valence-corrected chi connectivity index (χ3v) is 3.64. The number of ketones is 2. The van der Waals surface area contributed by atoms with E-state index in [-0.39, 0.29) is 33.8 Å². The van der Waals surface area contributed by atoms with Gasteiger partial charge in [-0.2, -0.15) is 0 Å². The first-order chi connectivity index (χ1) is 10.6. The maximum atomic E-state index is 12.7. The van der Waals surface area contributed by atoms with Crippen molar-refractivity contribution in [2.24, 2.45) is 0 Å². The van der Waals surface area contributed by atoms with Crippen LogP contribution in [0.1, 0.15) is 47.8 Å². The molecule has 0 aromatic heterocycles. The first-order valence-corrected chi connectivity index (χ1v) is 6.50. The van der Waals surface area contributed by atoms with Gasteiger partial charge in [-0.15, -0.1) is 6.42 Å². The van der Waals surface area contributed by atoms with Crippen LogP contribution >= 0.6 is 0 Å². The van der Waals surface area contributed by atoms with Crippen LogP contribution < -0.4 is 0 Å². The lowest BCUT2D eigenvalue weighted by Gasteiger charge is -2.19. The summed E-state index contributed by atoms with van der Waals surface area (Å²) in [6.45, 7) is 0. The highest BCUT2D eigenvalue weighted by Gasteiger charge is 2.33. The normalized spacial score (nSPS) is 12.2. The standard InChI is InChI=1S/C18H10O4/c1-3-10-13(18(21)22-2)8-9-14-15(10)17(20)12-7-5-4-6-11(12)16(14)19/h1,4-9H,2H3. The third-order valence-electron chi connectivity index (χ3n) is 3.64. The molecule has 3 rings (SSSR count). The predicted octanol–water partition coefficient (Wildman–Crippen LogP) is 2.23. The number of fused-ring (bicyclic) bond motifs is 2. The molecule has 0 bridgehead atoms. The highest BCUT2D eigenvalue weighted by atomic mass is 16.5. The summed E-state index contributed by atoms with van der Waals surface area (Å²) in [5.74, 6) is 1.07. The SMILES string of the molecule is C#Cc1c(C(=O)OC)ccc2c1C(=O)c1ccccc1C2=O. The van der Waals surface area contributed by atoms with E-state index in [9.17, 15) is 14.4 Å². The van der Waals surface area contributed by atoms with Gasteiger partial charge in [-0.3, -0.25) is 9.59 Å². The van der Waals surface area contributed by atoms with Crippen LogP contribution in [-0.4, -0.2) is 24.6 Å². The van der Waals surface area contributed by atoms with Gasteiger partial charge in [-0.05, 0) is 12.1 Å². The van der Waals surface area contributed by atoms with Gasteiger partial charge in [0, 0.05) is 16.7 Å². The van der Waals surface area contributed by atoms with E-state index < -0.39 is 5.97 Å². The molecule has 0 heterocycles. The second-order valence-electron chi connectivity index (χ2n) is 4.75. The Morgan fingerprint density at radius 1 is 1.00 bits per heavy atom. The van der Waals surface area contributed by atoms with Gasteiger partial charge in [0.25, 0.3) is 0 Å². The number of ether oxygens (including phenoxy) is 1. The molecule has 0 radical (unpaired) electrons. The van der Waals surface area contributed by atoms with Crippen LogP contribution in [0.5, 0.6) is 0 Å². The molecule has 4 heteroatoms. The minimum Gasteiger partial charge on any atom is -0.465 e. The van der Waals surface area contributed by atoms with Crippen molar-refractivity contribution in [3.05, 3.63) is 69.8 Å². The number of methoxy groups -OCH3 is 1. The molecular formula is C18H10O4. The average Bonchev–Trinajstić information content (AvgIpc) is 2.57. The summed E-state index contributed by atoms with van der Waals surface area (Å²) in [5.41, 5.74) is 1.13. The van der Waals surface area contributed by atoms with Crippen molar-refractivity contribution in [3.63, 3.8) is 0 Å². The molecule has 0 N–H and O–H groups in total. The first kappa shape index (κ1) is 13.8. The van der Waals surface area contributed by atoms with E-state index in [4.69, 9.17) is 6.42 Å². The number of rotatable bonds is 1. The number of benzene rings is 2. The van der Waals surface area contributed by atoms with E-state index >= 15 is 0 Å². The fourth-order valence-electron chi connectivity index (χ4n) is 2.62. The fraction of sp³-hybridized carbons (Fsp3) is 0.0556. The number of carbonyl (C=O) groups excluding carboxylic acids is 3. The minimum absolute atomic E-state index is 0.0918. The van der Waals surface area contributed by atoms with E-state index in [1.54, 1.807) is 24.3 Å². The van der Waals surface area contributed by atoms with Crippen LogP contribution in [0.4, 0.5) is 0 Å². The second-order valence-corrected chi connectivity index (χ2v) is 4.75. The maximum absolute atomic E-state index is 12.7. The Kier molecular flexibility index (Phi) is 3.11. The molecule has 0 aliphatic heterocycles. The van der Waals surface area contributed by atoms with Crippen molar-refractivity contribution < 1.29 is 19.1 Å². The zero-order chi connectivity index (χ0) is 15.9. The summed E-state index contributed by atoms with van der Waals surface area (Å²) in [6.07, 6.45) is 5.47. The Bertz CT molecular complexity index is 884. The predicted molar refractivity (Wildman–Crippen MR) is 79.0 cm³/mol. The molecular weight excluding hydrogens is 280 g/mol. The third kappa shape index (κ3) is 1.76. The van der Waals surface area contributed by atoms with Crippen LogP contribution in [0.15, 0.2) is 36.4 Å². The molecule has 1 aliphatic rings. The van der Waals surface area contributed by atoms with E-state index in [1.807, 2.05) is 0 Å². The number of esters is 1. The van der Waals surface area contributed by atoms with Crippen LogP contribution in [0, 0.1) is 12.3 Å². The van der Waals surface area contributed by atoms with Crippen molar-refractivity contribution in [3.8, 4) is 12.3 Å². The van der Waals surface area contributed by atoms with Gasteiger partial charge in [0.15, 0.2) is 11.6 Å². The number of carbonyl (C=O) groups is 3. The zero-order valence-electron chi connectivity index (χ0n) is 11.7. The number of hydrogen-bond donors (Lipinski definition) is 0. The van der Waals surface area contributed by atoms with Crippen LogP contribution in [-0.2, 0) is 4.74 Å². The maximum Gasteiger partial charge on any atom is 0.339 e. The topological polar surface area (TPSA) is 60.4 Å². The van der Waals surface area contributed by atoms with Crippen molar-refractivity contribution >= 4 is 17.5 Å². The molecule has 0 amide bonds. The van der Waals surface area contributed by atoms with Gasteiger partial charge < -0.3 is 4.74 Å². The Balaban J connectivity index is 2.34. The van der Waals surface area contributed by atoms with Gasteiger partial charge >= 0.3 is 5.97 Å². The zero-order valence-corrected chi connectivity index (χ0v) is 11.7. The smallest absolute Gasteiger partial charge is 0.339 e. The highest BCUT2D eigenvalue weighted by Crippen LogP contribution is 2.31. The molecule has 0 saturated heterocycles. The van der Waals surface area contributed by atoms with E-state index in [2.05, 4.69) is 10.7 Å². The molecule has 0 atom stereocenters. The molecule has 0 fully saturated rings. The van der Waals surface area contributed by atoms with Gasteiger partial charge in [-0.1, -0.05) is 30.2 Å². The molecule has 0 saturated carbocycles. The summed E-state index contributed by atoms with van der Waals surface area (Å²) in [7, 11) is 1.23. The second kappa shape index (κ2) is 4.97. The highest BCUT2D eigenvalue weighted by molar-refractivity contribution is 6.29. The van der Waals surface area contributed by atoms with Gasteiger partial charge in [-0.25, -0.2) is 4.79 Å². The summed E-state index contributed by atoms with van der Waals surface area (Å²) in [4.78, 5) is 37.0. The molecule has 1 aliphatic carbocycles. The van der Waals surface area contributed by atoms with Gasteiger partial charge in [0.1, 0.15) is 0 Å². The van der Waals surface area contributed by atoms with Crippen molar-refractivity contribution in [1.82, 2.24) is 0 Å². The van der Waals surface area contributed by atoms with E-state index in [1.165, 1.54) is 19.2 Å².